The van der Waals surface area contributed by atoms with Crippen LogP contribution in [0.2, 0.25) is 0 Å². The molecule has 0 fully saturated rings. The molecule has 0 aliphatic carbocycles. The number of hydrogen-bond acceptors (Lipinski definition) is 2. The Kier molecular flexibility index (Phi) is 3.00. The number of rotatable bonds is 0. The minimum atomic E-state index is 0.114. The Morgan fingerprint density at radius 3 is 2.22 bits per heavy atom. The summed E-state index contributed by atoms with van der Waals surface area (Å²) >= 11 is 0. The quantitative estimate of drug-likeness (QED) is 0.731. The summed E-state index contributed by atoms with van der Waals surface area (Å²) in [6.07, 6.45) is 1.82. The van der Waals surface area contributed by atoms with E-state index in [9.17, 15) is 0 Å². The van der Waals surface area contributed by atoms with Gasteiger partial charge in [0.1, 0.15) is 0 Å². The fraction of sp³-hybridized carbons (Fsp3) is 0.562. The molecule has 1 heterocycles. The Labute approximate surface area is 111 Å². The Morgan fingerprint density at radius 1 is 1.00 bits per heavy atom. The lowest BCUT2D eigenvalue weighted by Gasteiger charge is -2.33. The van der Waals surface area contributed by atoms with Crippen molar-refractivity contribution in [1.82, 2.24) is 5.32 Å². The van der Waals surface area contributed by atoms with Gasteiger partial charge in [0.25, 0.3) is 0 Å². The summed E-state index contributed by atoms with van der Waals surface area (Å²) < 4.78 is 0. The lowest BCUT2D eigenvalue weighted by Crippen LogP contribution is -2.25. The van der Waals surface area contributed by atoms with Gasteiger partial charge in [-0.05, 0) is 27.5 Å². The molecule has 1 aliphatic rings. The van der Waals surface area contributed by atoms with E-state index in [0.29, 0.717) is 0 Å². The monoisotopic (exact) mass is 244 g/mol. The number of hydrogen-bond donors (Lipinski definition) is 1. The largest absolute Gasteiger partial charge is 0.372 e. The molecule has 2 rings (SSSR count). The number of aliphatic imine (C=N–C) groups is 1. The normalized spacial score (nSPS) is 15.2. The number of nitrogens with zero attached hydrogens (tertiary/aromatic N) is 1. The summed E-state index contributed by atoms with van der Waals surface area (Å²) in [5, 5.41) is 3.19. The molecular weight excluding hydrogens is 220 g/mol. The first-order valence-corrected chi connectivity index (χ1v) is 6.64. The zero-order valence-corrected chi connectivity index (χ0v) is 12.4. The van der Waals surface area contributed by atoms with Crippen LogP contribution >= 0.6 is 0 Å². The first-order valence-electron chi connectivity index (χ1n) is 6.64. The molecule has 0 saturated carbocycles. The van der Waals surface area contributed by atoms with Gasteiger partial charge in [0.15, 0.2) is 0 Å². The predicted octanol–water partition coefficient (Wildman–Crippen LogP) is 4.04. The third-order valence-corrected chi connectivity index (χ3v) is 3.40. The molecular formula is C16H24N2. The van der Waals surface area contributed by atoms with Crippen LogP contribution in [0.5, 0.6) is 0 Å². The summed E-state index contributed by atoms with van der Waals surface area (Å²) in [4.78, 5) is 4.60. The van der Waals surface area contributed by atoms with E-state index < -0.39 is 0 Å². The Hall–Kier alpha value is -1.31. The van der Waals surface area contributed by atoms with Crippen LogP contribution < -0.4 is 5.32 Å². The second-order valence-corrected chi connectivity index (χ2v) is 7.13. The third kappa shape index (κ3) is 2.29. The smallest absolute Gasteiger partial charge is 0.0889 e. The molecule has 1 N–H and O–H groups in total. The molecule has 1 aromatic carbocycles. The highest BCUT2D eigenvalue weighted by molar-refractivity contribution is 5.71. The van der Waals surface area contributed by atoms with Gasteiger partial charge in [-0.1, -0.05) is 53.7 Å². The van der Waals surface area contributed by atoms with Crippen molar-refractivity contribution in [3.63, 3.8) is 0 Å². The molecule has 0 unspecified atom stereocenters. The Morgan fingerprint density at radius 2 is 1.67 bits per heavy atom. The average molecular weight is 244 g/mol. The van der Waals surface area contributed by atoms with E-state index in [2.05, 4.69) is 64.0 Å². The van der Waals surface area contributed by atoms with Gasteiger partial charge in [0, 0.05) is 6.54 Å². The van der Waals surface area contributed by atoms with Crippen LogP contribution in [0.25, 0.3) is 0 Å². The third-order valence-electron chi connectivity index (χ3n) is 3.40. The first-order chi connectivity index (χ1) is 8.21. The van der Waals surface area contributed by atoms with Gasteiger partial charge in [0.2, 0.25) is 0 Å². The van der Waals surface area contributed by atoms with Crippen LogP contribution in [0, 0.1) is 0 Å². The lowest BCUT2D eigenvalue weighted by molar-refractivity contribution is 0.530. The molecule has 0 bridgehead atoms. The molecule has 0 aromatic heterocycles. The minimum absolute atomic E-state index is 0.114. The van der Waals surface area contributed by atoms with Crippen molar-refractivity contribution in [2.45, 2.75) is 58.9 Å². The summed E-state index contributed by atoms with van der Waals surface area (Å²) in [6.45, 7) is 14.5. The second-order valence-electron chi connectivity index (χ2n) is 7.13. The molecule has 0 spiro atoms. The van der Waals surface area contributed by atoms with E-state index in [1.165, 1.54) is 22.4 Å². The topological polar surface area (TPSA) is 24.4 Å². The Balaban J connectivity index is 2.75. The van der Waals surface area contributed by atoms with Gasteiger partial charge < -0.3 is 5.32 Å². The van der Waals surface area contributed by atoms with E-state index in [1.54, 1.807) is 0 Å². The fourth-order valence-corrected chi connectivity index (χ4v) is 2.57. The van der Waals surface area contributed by atoms with Crippen molar-refractivity contribution in [3.05, 3.63) is 28.8 Å². The predicted molar refractivity (Wildman–Crippen MR) is 78.8 cm³/mol. The first kappa shape index (κ1) is 13.1. The van der Waals surface area contributed by atoms with E-state index in [-0.39, 0.29) is 10.8 Å². The molecule has 18 heavy (non-hydrogen) atoms. The summed E-state index contributed by atoms with van der Waals surface area (Å²) in [6, 6.07) is 4.50. The summed E-state index contributed by atoms with van der Waals surface area (Å²) in [5.74, 6) is 0. The highest BCUT2D eigenvalue weighted by Crippen LogP contribution is 2.42. The maximum Gasteiger partial charge on any atom is 0.0889 e. The van der Waals surface area contributed by atoms with Crippen LogP contribution in [-0.2, 0) is 17.4 Å². The lowest BCUT2D eigenvalue weighted by atomic mass is 9.73. The van der Waals surface area contributed by atoms with E-state index >= 15 is 0 Å². The number of nitrogens with one attached hydrogen (secondary N) is 1. The molecule has 1 aliphatic heterocycles. The van der Waals surface area contributed by atoms with Crippen LogP contribution in [0.4, 0.5) is 5.69 Å². The molecule has 98 valence electrons. The van der Waals surface area contributed by atoms with Gasteiger partial charge in [-0.15, -0.1) is 0 Å². The van der Waals surface area contributed by atoms with Crippen LogP contribution in [-0.4, -0.2) is 6.34 Å². The maximum atomic E-state index is 4.60. The zero-order chi connectivity index (χ0) is 13.6. The molecule has 0 amide bonds. The molecule has 2 nitrogen and oxygen atoms in total. The van der Waals surface area contributed by atoms with E-state index in [0.717, 1.165) is 6.54 Å². The zero-order valence-electron chi connectivity index (χ0n) is 12.4. The van der Waals surface area contributed by atoms with Crippen molar-refractivity contribution in [2.24, 2.45) is 4.99 Å². The van der Waals surface area contributed by atoms with Crippen molar-refractivity contribution < 1.29 is 0 Å². The SMILES string of the molecule is CC(C)(C)c1ccc2c(c1C(C)(C)C)N=CNC2. The summed E-state index contributed by atoms with van der Waals surface area (Å²) in [5.41, 5.74) is 5.54. The second kappa shape index (κ2) is 4.11. The van der Waals surface area contributed by atoms with Gasteiger partial charge in [0.05, 0.1) is 12.0 Å². The standard InChI is InChI=1S/C16H24N2/c1-15(2,3)12-8-7-11-9-17-10-18-14(11)13(12)16(4,5)6/h7-8,10H,9H2,1-6H3,(H,17,18). The molecule has 0 radical (unpaired) electrons. The van der Waals surface area contributed by atoms with Crippen LogP contribution in [0.3, 0.4) is 0 Å². The highest BCUT2D eigenvalue weighted by Gasteiger charge is 2.29. The number of fused-ring (bicyclic) bond motifs is 1. The van der Waals surface area contributed by atoms with Crippen LogP contribution in [0.15, 0.2) is 17.1 Å². The van der Waals surface area contributed by atoms with Gasteiger partial charge >= 0.3 is 0 Å². The molecule has 1 aromatic rings. The molecule has 2 heteroatoms. The van der Waals surface area contributed by atoms with E-state index in [1.807, 2.05) is 6.34 Å². The fourth-order valence-electron chi connectivity index (χ4n) is 2.57. The van der Waals surface area contributed by atoms with Crippen LogP contribution in [0.1, 0.15) is 58.2 Å². The average Bonchev–Trinajstić information content (AvgIpc) is 2.24. The molecule has 0 saturated heterocycles. The van der Waals surface area contributed by atoms with Crippen molar-refractivity contribution in [2.75, 3.05) is 0 Å². The molecule has 0 atom stereocenters. The minimum Gasteiger partial charge on any atom is -0.372 e. The van der Waals surface area contributed by atoms with Gasteiger partial charge in [-0.2, -0.15) is 0 Å². The Bertz CT molecular complexity index is 485. The van der Waals surface area contributed by atoms with Gasteiger partial charge in [-0.3, -0.25) is 0 Å². The van der Waals surface area contributed by atoms with Gasteiger partial charge in [-0.25, -0.2) is 4.99 Å². The maximum absolute atomic E-state index is 4.60. The van der Waals surface area contributed by atoms with Crippen molar-refractivity contribution >= 4 is 12.0 Å². The summed E-state index contributed by atoms with van der Waals surface area (Å²) in [7, 11) is 0. The highest BCUT2D eigenvalue weighted by atomic mass is 15.0. The van der Waals surface area contributed by atoms with Crippen molar-refractivity contribution in [3.8, 4) is 0 Å². The number of benzene rings is 1. The van der Waals surface area contributed by atoms with E-state index in [4.69, 9.17) is 0 Å². The van der Waals surface area contributed by atoms with Crippen molar-refractivity contribution in [1.29, 1.82) is 0 Å².